The molecule has 1 heterocycles. The molecule has 2 aromatic rings. The summed E-state index contributed by atoms with van der Waals surface area (Å²) in [6, 6.07) is 4.38. The van der Waals surface area contributed by atoms with E-state index >= 15 is 0 Å². The van der Waals surface area contributed by atoms with Gasteiger partial charge in [-0.1, -0.05) is 13.0 Å². The second-order valence-corrected chi connectivity index (χ2v) is 4.13. The normalized spacial score (nSPS) is 10.1. The molecule has 20 heavy (non-hydrogen) atoms. The summed E-state index contributed by atoms with van der Waals surface area (Å²) in [7, 11) is 0. The predicted octanol–water partition coefficient (Wildman–Crippen LogP) is 2.69. The number of halogens is 1. The van der Waals surface area contributed by atoms with Gasteiger partial charge in [0.05, 0.1) is 17.4 Å². The number of nitrogens with zero attached hydrogens (tertiary/aromatic N) is 2. The van der Waals surface area contributed by atoms with Gasteiger partial charge >= 0.3 is 0 Å². The largest absolute Gasteiger partial charge is 0.382 e. The number of aromatic nitrogens is 2. The van der Waals surface area contributed by atoms with Crippen molar-refractivity contribution in [3.8, 4) is 0 Å². The molecule has 6 heteroatoms. The van der Waals surface area contributed by atoms with E-state index in [1.165, 1.54) is 30.7 Å². The second kappa shape index (κ2) is 6.60. The minimum Gasteiger partial charge on any atom is -0.382 e. The number of anilines is 2. The zero-order chi connectivity index (χ0) is 14.4. The molecule has 0 saturated heterocycles. The van der Waals surface area contributed by atoms with Gasteiger partial charge in [-0.05, 0) is 18.6 Å². The summed E-state index contributed by atoms with van der Waals surface area (Å²) in [5, 5.41) is 5.51. The molecule has 5 nitrogen and oxygen atoms in total. The number of benzene rings is 1. The first-order chi connectivity index (χ1) is 9.72. The van der Waals surface area contributed by atoms with Gasteiger partial charge in [0.1, 0.15) is 5.82 Å². The highest BCUT2D eigenvalue weighted by atomic mass is 19.1. The minimum absolute atomic E-state index is 0.204. The molecule has 0 fully saturated rings. The fraction of sp³-hybridized carbons (Fsp3) is 0.214. The average molecular weight is 274 g/mol. The molecule has 0 spiro atoms. The molecule has 0 bridgehead atoms. The van der Waals surface area contributed by atoms with Crippen LogP contribution in [0, 0.1) is 5.82 Å². The zero-order valence-corrected chi connectivity index (χ0v) is 11.1. The Morgan fingerprint density at radius 2 is 2.20 bits per heavy atom. The first-order valence-electron chi connectivity index (χ1n) is 6.32. The van der Waals surface area contributed by atoms with Crippen molar-refractivity contribution in [1.29, 1.82) is 0 Å². The number of hydrogen-bond donors (Lipinski definition) is 2. The summed E-state index contributed by atoms with van der Waals surface area (Å²) in [5.41, 5.74) is 0.444. The van der Waals surface area contributed by atoms with Gasteiger partial charge in [0, 0.05) is 18.9 Å². The van der Waals surface area contributed by atoms with Crippen molar-refractivity contribution in [3.05, 3.63) is 48.2 Å². The Bertz CT molecular complexity index is 589. The maximum Gasteiger partial charge on any atom is 0.259 e. The van der Waals surface area contributed by atoms with Gasteiger partial charge in [-0.2, -0.15) is 0 Å². The molecule has 0 aliphatic carbocycles. The fourth-order valence-corrected chi connectivity index (χ4v) is 1.69. The maximum absolute atomic E-state index is 13.8. The molecule has 1 aromatic heterocycles. The van der Waals surface area contributed by atoms with Crippen molar-refractivity contribution >= 4 is 17.4 Å². The second-order valence-electron chi connectivity index (χ2n) is 4.13. The van der Waals surface area contributed by atoms with Gasteiger partial charge in [-0.25, -0.2) is 9.37 Å². The number of para-hydroxylation sites is 1. The van der Waals surface area contributed by atoms with E-state index < -0.39 is 11.7 Å². The number of rotatable bonds is 5. The van der Waals surface area contributed by atoms with Crippen molar-refractivity contribution < 1.29 is 9.18 Å². The fourth-order valence-electron chi connectivity index (χ4n) is 1.69. The van der Waals surface area contributed by atoms with Gasteiger partial charge in [0.15, 0.2) is 5.82 Å². The van der Waals surface area contributed by atoms with Crippen LogP contribution in [0.25, 0.3) is 0 Å². The Morgan fingerprint density at radius 3 is 2.90 bits per heavy atom. The van der Waals surface area contributed by atoms with Crippen LogP contribution in [0.3, 0.4) is 0 Å². The summed E-state index contributed by atoms with van der Waals surface area (Å²) in [6.07, 6.45) is 5.24. The molecule has 1 amide bonds. The van der Waals surface area contributed by atoms with Crippen LogP contribution in [0.1, 0.15) is 23.7 Å². The summed E-state index contributed by atoms with van der Waals surface area (Å²) in [4.78, 5) is 20.0. The van der Waals surface area contributed by atoms with Gasteiger partial charge in [-0.3, -0.25) is 9.78 Å². The smallest absolute Gasteiger partial charge is 0.259 e. The van der Waals surface area contributed by atoms with Crippen LogP contribution in [-0.4, -0.2) is 22.4 Å². The molecular weight excluding hydrogens is 259 g/mol. The summed E-state index contributed by atoms with van der Waals surface area (Å²) >= 11 is 0. The Labute approximate surface area is 116 Å². The molecule has 0 atom stereocenters. The summed E-state index contributed by atoms with van der Waals surface area (Å²) < 4.78 is 13.8. The van der Waals surface area contributed by atoms with E-state index in [0.29, 0.717) is 12.4 Å². The first-order valence-corrected chi connectivity index (χ1v) is 6.32. The number of amides is 1. The van der Waals surface area contributed by atoms with Crippen molar-refractivity contribution in [3.63, 3.8) is 0 Å². The van der Waals surface area contributed by atoms with E-state index in [1.807, 2.05) is 6.92 Å². The van der Waals surface area contributed by atoms with Crippen LogP contribution in [0.2, 0.25) is 0 Å². The van der Waals surface area contributed by atoms with E-state index in [4.69, 9.17) is 0 Å². The Kier molecular flexibility index (Phi) is 4.60. The lowest BCUT2D eigenvalue weighted by Gasteiger charge is -2.12. The molecule has 0 saturated carbocycles. The van der Waals surface area contributed by atoms with Crippen LogP contribution in [0.4, 0.5) is 15.9 Å². The lowest BCUT2D eigenvalue weighted by atomic mass is 10.1. The van der Waals surface area contributed by atoms with Gasteiger partial charge < -0.3 is 10.6 Å². The van der Waals surface area contributed by atoms with Crippen molar-refractivity contribution in [2.45, 2.75) is 13.3 Å². The average Bonchev–Trinajstić information content (AvgIpc) is 2.47. The minimum atomic E-state index is -0.453. The van der Waals surface area contributed by atoms with E-state index in [0.717, 1.165) is 6.42 Å². The first kappa shape index (κ1) is 13.9. The topological polar surface area (TPSA) is 66.9 Å². The molecule has 0 radical (unpaired) electrons. The van der Waals surface area contributed by atoms with E-state index in [2.05, 4.69) is 20.6 Å². The van der Waals surface area contributed by atoms with Crippen molar-refractivity contribution in [2.24, 2.45) is 0 Å². The van der Waals surface area contributed by atoms with E-state index in [-0.39, 0.29) is 11.3 Å². The Balaban J connectivity index is 2.23. The van der Waals surface area contributed by atoms with Gasteiger partial charge in [0.2, 0.25) is 0 Å². The molecule has 0 aliphatic heterocycles. The maximum atomic E-state index is 13.8. The Hall–Kier alpha value is -2.50. The summed E-state index contributed by atoms with van der Waals surface area (Å²) in [6.45, 7) is 2.56. The van der Waals surface area contributed by atoms with E-state index in [1.54, 1.807) is 6.07 Å². The SMILES string of the molecule is CCCNc1c(F)cccc1C(=O)Nc1cnccn1. The highest BCUT2D eigenvalue weighted by molar-refractivity contribution is 6.07. The van der Waals surface area contributed by atoms with Crippen LogP contribution in [0.5, 0.6) is 0 Å². The predicted molar refractivity (Wildman–Crippen MR) is 75.2 cm³/mol. The van der Waals surface area contributed by atoms with Crippen LogP contribution >= 0.6 is 0 Å². The highest BCUT2D eigenvalue weighted by Gasteiger charge is 2.15. The third-order valence-electron chi connectivity index (χ3n) is 2.61. The molecule has 2 N–H and O–H groups in total. The number of nitrogens with one attached hydrogen (secondary N) is 2. The Morgan fingerprint density at radius 1 is 1.35 bits per heavy atom. The molecule has 104 valence electrons. The zero-order valence-electron chi connectivity index (χ0n) is 11.1. The lowest BCUT2D eigenvalue weighted by Crippen LogP contribution is -2.16. The monoisotopic (exact) mass is 274 g/mol. The van der Waals surface area contributed by atoms with Crippen molar-refractivity contribution in [2.75, 3.05) is 17.2 Å². The third-order valence-corrected chi connectivity index (χ3v) is 2.61. The third kappa shape index (κ3) is 3.28. The van der Waals surface area contributed by atoms with E-state index in [9.17, 15) is 9.18 Å². The van der Waals surface area contributed by atoms with Crippen LogP contribution in [0.15, 0.2) is 36.8 Å². The molecular formula is C14H15FN4O. The molecule has 1 aromatic carbocycles. The van der Waals surface area contributed by atoms with Gasteiger partial charge in [0.25, 0.3) is 5.91 Å². The quantitative estimate of drug-likeness (QED) is 0.879. The number of hydrogen-bond acceptors (Lipinski definition) is 4. The van der Waals surface area contributed by atoms with Gasteiger partial charge in [-0.15, -0.1) is 0 Å². The van der Waals surface area contributed by atoms with Crippen LogP contribution < -0.4 is 10.6 Å². The molecule has 0 aliphatic rings. The lowest BCUT2D eigenvalue weighted by molar-refractivity contribution is 0.102. The van der Waals surface area contributed by atoms with Crippen LogP contribution in [-0.2, 0) is 0 Å². The molecule has 0 unspecified atom stereocenters. The van der Waals surface area contributed by atoms with Crippen molar-refractivity contribution in [1.82, 2.24) is 9.97 Å². The standard InChI is InChI=1S/C14H15FN4O/c1-2-6-18-13-10(4-3-5-11(13)15)14(20)19-12-9-16-7-8-17-12/h3-5,7-9,18H,2,6H2,1H3,(H,17,19,20). The summed E-state index contributed by atoms with van der Waals surface area (Å²) in [5.74, 6) is -0.558. The number of carbonyl (C=O) groups is 1. The highest BCUT2D eigenvalue weighted by Crippen LogP contribution is 2.20. The number of carbonyl (C=O) groups excluding carboxylic acids is 1. The molecule has 2 rings (SSSR count).